The fourth-order valence-electron chi connectivity index (χ4n) is 6.32. The molecule has 10 amide bonds. The smallest absolute Gasteiger partial charge is 0.305 e. The molecule has 0 spiro atoms. The van der Waals surface area contributed by atoms with Crippen LogP contribution in [0.25, 0.3) is 0 Å². The van der Waals surface area contributed by atoms with Gasteiger partial charge in [0.1, 0.15) is 48.0 Å². The monoisotopic (exact) mass is 948 g/mol. The second-order valence-electron chi connectivity index (χ2n) is 15.6. The number of carbonyl (C=O) groups excluding carboxylic acids is 10. The van der Waals surface area contributed by atoms with Gasteiger partial charge >= 0.3 is 5.97 Å². The molecule has 3 rings (SSSR count). The number of aliphatic carboxylic acids is 1. The maximum absolute atomic E-state index is 13.6. The van der Waals surface area contributed by atoms with Crippen molar-refractivity contribution in [3.8, 4) is 5.75 Å². The number of aromatic amines is 1. The molecule has 0 radical (unpaired) electrons. The van der Waals surface area contributed by atoms with Crippen molar-refractivity contribution in [1.82, 2.24) is 52.5 Å². The number of rotatable bonds is 27. The topological polar surface area (TPSA) is 405 Å². The summed E-state index contributed by atoms with van der Waals surface area (Å²) in [5.74, 6) is -10.1. The van der Waals surface area contributed by atoms with Crippen LogP contribution in [0.15, 0.2) is 67.1 Å². The van der Waals surface area contributed by atoms with Gasteiger partial charge in [0, 0.05) is 44.5 Å². The molecule has 0 aliphatic rings. The van der Waals surface area contributed by atoms with Crippen molar-refractivity contribution in [1.29, 1.82) is 0 Å². The SMILES string of the molecule is CC(=O)N[C@@H](CCC(N)=O)C(=O)N[C@@H](Cc1ccc(O)cc1)C(=O)NCC(=O)N[C@@H](Cc1cnc[nH]1)C(=O)N[C@@H](C)C(=O)N[C@@H](C)C(=O)N[C@@H](Cc1ccccc1)C(=O)N[C@@H](CC(=O)O)C(N)=O. The van der Waals surface area contributed by atoms with Gasteiger partial charge in [0.15, 0.2) is 0 Å². The highest BCUT2D eigenvalue weighted by atomic mass is 16.4. The van der Waals surface area contributed by atoms with Crippen LogP contribution in [0, 0.1) is 0 Å². The minimum Gasteiger partial charge on any atom is -0.508 e. The molecular formula is C43H56N12O13. The van der Waals surface area contributed by atoms with Crippen molar-refractivity contribution in [2.75, 3.05) is 6.54 Å². The molecule has 68 heavy (non-hydrogen) atoms. The molecule has 0 aliphatic heterocycles. The zero-order valence-electron chi connectivity index (χ0n) is 37.3. The number of aromatic nitrogens is 2. The first-order valence-electron chi connectivity index (χ1n) is 21.1. The summed E-state index contributed by atoms with van der Waals surface area (Å²) in [6.07, 6.45) is 1.01. The number of nitrogens with two attached hydrogens (primary N) is 2. The molecule has 0 saturated carbocycles. The maximum Gasteiger partial charge on any atom is 0.305 e. The average Bonchev–Trinajstić information content (AvgIpc) is 3.79. The lowest BCUT2D eigenvalue weighted by Gasteiger charge is -2.25. The summed E-state index contributed by atoms with van der Waals surface area (Å²) in [6.45, 7) is 3.01. The number of nitrogens with zero attached hydrogens (tertiary/aromatic N) is 1. The van der Waals surface area contributed by atoms with Crippen LogP contribution in [0.3, 0.4) is 0 Å². The second kappa shape index (κ2) is 26.5. The lowest BCUT2D eigenvalue weighted by atomic mass is 10.0. The van der Waals surface area contributed by atoms with Gasteiger partial charge in [-0.3, -0.25) is 52.7 Å². The number of primary amides is 2. The van der Waals surface area contributed by atoms with E-state index >= 15 is 0 Å². The summed E-state index contributed by atoms with van der Waals surface area (Å²) in [4.78, 5) is 147. The summed E-state index contributed by atoms with van der Waals surface area (Å²) in [5.41, 5.74) is 12.0. The molecule has 2 aromatic carbocycles. The van der Waals surface area contributed by atoms with E-state index in [0.29, 0.717) is 16.8 Å². The van der Waals surface area contributed by atoms with Gasteiger partial charge in [-0.15, -0.1) is 0 Å². The van der Waals surface area contributed by atoms with Crippen molar-refractivity contribution in [2.45, 2.75) is 102 Å². The predicted octanol–water partition coefficient (Wildman–Crippen LogP) is -4.06. The van der Waals surface area contributed by atoms with Crippen LogP contribution < -0.4 is 54.0 Å². The lowest BCUT2D eigenvalue weighted by Crippen LogP contribution is -2.59. The Morgan fingerprint density at radius 3 is 1.69 bits per heavy atom. The van der Waals surface area contributed by atoms with Crippen LogP contribution in [-0.2, 0) is 72.0 Å². The van der Waals surface area contributed by atoms with Crippen LogP contribution in [0.1, 0.15) is 56.9 Å². The fraction of sp³-hybridized carbons (Fsp3) is 0.395. The predicted molar refractivity (Wildman–Crippen MR) is 238 cm³/mol. The number of phenols is 1. The molecule has 3 aromatic rings. The lowest BCUT2D eigenvalue weighted by molar-refractivity contribution is -0.140. The Morgan fingerprint density at radius 1 is 0.618 bits per heavy atom. The molecule has 7 atom stereocenters. The van der Waals surface area contributed by atoms with Crippen LogP contribution >= 0.6 is 0 Å². The second-order valence-corrected chi connectivity index (χ2v) is 15.6. The van der Waals surface area contributed by atoms with E-state index in [1.165, 1.54) is 50.6 Å². The number of carboxylic acid groups (broad SMARTS) is 1. The summed E-state index contributed by atoms with van der Waals surface area (Å²) < 4.78 is 0. The van der Waals surface area contributed by atoms with E-state index in [-0.39, 0.29) is 37.9 Å². The molecule has 0 fully saturated rings. The Labute approximate surface area is 389 Å². The van der Waals surface area contributed by atoms with Crippen LogP contribution in [0.2, 0.25) is 0 Å². The Hall–Kier alpha value is -8.38. The number of nitrogens with one attached hydrogen (secondary N) is 9. The number of phenolic OH excluding ortho intramolecular Hbond substituents is 1. The molecular weight excluding hydrogens is 893 g/mol. The number of hydrogen-bond donors (Lipinski definition) is 13. The number of amides is 10. The zero-order valence-corrected chi connectivity index (χ0v) is 37.3. The number of aromatic hydroxyl groups is 1. The third kappa shape index (κ3) is 19.0. The van der Waals surface area contributed by atoms with E-state index < -0.39 is 120 Å². The van der Waals surface area contributed by atoms with Crippen LogP contribution in [0.5, 0.6) is 5.75 Å². The minimum atomic E-state index is -1.59. The van der Waals surface area contributed by atoms with Gasteiger partial charge in [0.25, 0.3) is 0 Å². The number of imidazole rings is 1. The molecule has 1 heterocycles. The summed E-state index contributed by atoms with van der Waals surface area (Å²) >= 11 is 0. The Balaban J connectivity index is 1.69. The summed E-state index contributed by atoms with van der Waals surface area (Å²) in [6, 6.07) is 4.47. The van der Waals surface area contributed by atoms with Gasteiger partial charge in [0.2, 0.25) is 59.1 Å². The third-order valence-corrected chi connectivity index (χ3v) is 9.89. The molecule has 1 aromatic heterocycles. The van der Waals surface area contributed by atoms with Crippen molar-refractivity contribution in [3.05, 3.63) is 83.9 Å². The van der Waals surface area contributed by atoms with Gasteiger partial charge in [-0.2, -0.15) is 0 Å². The third-order valence-electron chi connectivity index (χ3n) is 9.89. The van der Waals surface area contributed by atoms with Gasteiger partial charge in [-0.25, -0.2) is 4.98 Å². The Kier molecular flexibility index (Phi) is 21.1. The first-order chi connectivity index (χ1) is 32.1. The number of H-pyrrole nitrogens is 1. The van der Waals surface area contributed by atoms with Gasteiger partial charge in [-0.05, 0) is 43.5 Å². The number of carbonyl (C=O) groups is 11. The highest BCUT2D eigenvalue weighted by Crippen LogP contribution is 2.12. The molecule has 15 N–H and O–H groups in total. The Bertz CT molecular complexity index is 2280. The minimum absolute atomic E-state index is 0.0688. The standard InChI is InChI=1S/C43H56N12O13/c1-22(38(63)49-23(2)39(64)54-32(15-25-7-5-4-6-8-25)43(68)53-30(37(45)62)18-36(60)61)50-42(67)33(17-27-19-46-21-48-27)52-35(59)20-47-40(65)31(16-26-9-11-28(57)12-10-26)55-41(66)29(51-24(3)56)13-14-34(44)58/h4-12,19,21-23,29-33,57H,13-18,20H2,1-3H3,(H2,44,58)(H2,45,62)(H,46,48)(H,47,65)(H,49,63)(H,50,67)(H,51,56)(H,52,59)(H,53,68)(H,54,64)(H,55,66)(H,60,61)/t22-,23-,29-,30-,31-,32-,33-/m0/s1. The first kappa shape index (κ1) is 54.0. The summed E-state index contributed by atoms with van der Waals surface area (Å²) in [7, 11) is 0. The van der Waals surface area contributed by atoms with Crippen molar-refractivity contribution in [3.63, 3.8) is 0 Å². The first-order valence-corrected chi connectivity index (χ1v) is 21.1. The maximum atomic E-state index is 13.6. The van der Waals surface area contributed by atoms with Gasteiger partial charge in [0.05, 0.1) is 19.3 Å². The highest BCUT2D eigenvalue weighted by Gasteiger charge is 2.32. The van der Waals surface area contributed by atoms with Gasteiger partial charge < -0.3 is 69.2 Å². The molecule has 0 saturated heterocycles. The Morgan fingerprint density at radius 2 is 1.13 bits per heavy atom. The van der Waals surface area contributed by atoms with Crippen molar-refractivity contribution < 1.29 is 63.0 Å². The molecule has 0 aliphatic carbocycles. The van der Waals surface area contributed by atoms with Gasteiger partial charge in [-0.1, -0.05) is 42.5 Å². The van der Waals surface area contributed by atoms with E-state index in [9.17, 15) is 57.8 Å². The quantitative estimate of drug-likeness (QED) is 0.0346. The van der Waals surface area contributed by atoms with E-state index in [2.05, 4.69) is 52.5 Å². The van der Waals surface area contributed by atoms with E-state index in [1.54, 1.807) is 30.3 Å². The van der Waals surface area contributed by atoms with E-state index in [4.69, 9.17) is 16.6 Å². The van der Waals surface area contributed by atoms with Crippen molar-refractivity contribution in [2.24, 2.45) is 11.5 Å². The average molecular weight is 949 g/mol. The normalized spacial score (nSPS) is 13.8. The van der Waals surface area contributed by atoms with E-state index in [1.807, 2.05) is 0 Å². The van der Waals surface area contributed by atoms with E-state index in [0.717, 1.165) is 6.92 Å². The molecule has 25 nitrogen and oxygen atoms in total. The van der Waals surface area contributed by atoms with Crippen molar-refractivity contribution >= 4 is 65.0 Å². The molecule has 25 heteroatoms. The number of hydrogen-bond acceptors (Lipinski definition) is 13. The molecule has 0 bridgehead atoms. The largest absolute Gasteiger partial charge is 0.508 e. The molecule has 366 valence electrons. The summed E-state index contributed by atoms with van der Waals surface area (Å²) in [5, 5.41) is 38.3. The van der Waals surface area contributed by atoms with Crippen LogP contribution in [0.4, 0.5) is 0 Å². The zero-order chi connectivity index (χ0) is 50.5. The number of benzene rings is 2. The fourth-order valence-corrected chi connectivity index (χ4v) is 6.32. The molecule has 0 unspecified atom stereocenters. The van der Waals surface area contributed by atoms with Crippen LogP contribution in [-0.4, -0.2) is 134 Å². The highest BCUT2D eigenvalue weighted by molar-refractivity contribution is 5.97. The number of carboxylic acids is 1.